The molecule has 0 radical (unpaired) electrons. The molecule has 2 aromatic heterocycles. The summed E-state index contributed by atoms with van der Waals surface area (Å²) in [4.78, 5) is 18.5. The predicted octanol–water partition coefficient (Wildman–Crippen LogP) is 0.635. The third-order valence-corrected chi connectivity index (χ3v) is 4.65. The van der Waals surface area contributed by atoms with Crippen LogP contribution in [0.1, 0.15) is 25.6 Å². The van der Waals surface area contributed by atoms with Crippen LogP contribution < -0.4 is 5.32 Å². The zero-order valence-electron chi connectivity index (χ0n) is 13.6. The standard InChI is InChI=1S/C15H18ClN5O4/c1-7(23)20-12-10-8(3-17)4-21(13(10)19-6-18-12)14-15(2,16)11(24)9(5-22)25-14/h3-4,6,9,11,14,17,22,24H,5H2,1-2H3,(H,18,19,20,23)/t9?,11?,14-,15-/m1/s1. The molecule has 3 rings (SSSR count). The van der Waals surface area contributed by atoms with E-state index in [0.717, 1.165) is 6.21 Å². The molecular formula is C15H18ClN5O4. The third-order valence-electron chi connectivity index (χ3n) is 4.24. The zero-order chi connectivity index (χ0) is 18.4. The van der Waals surface area contributed by atoms with Crippen molar-refractivity contribution in [1.29, 1.82) is 5.41 Å². The molecule has 0 saturated carbocycles. The van der Waals surface area contributed by atoms with E-state index in [-0.39, 0.29) is 18.3 Å². The van der Waals surface area contributed by atoms with E-state index in [1.165, 1.54) is 13.3 Å². The fourth-order valence-electron chi connectivity index (χ4n) is 3.03. The molecule has 4 N–H and O–H groups in total. The minimum absolute atomic E-state index is 0.267. The summed E-state index contributed by atoms with van der Waals surface area (Å²) in [5.74, 6) is -0.0398. The van der Waals surface area contributed by atoms with E-state index in [4.69, 9.17) is 21.7 Å². The highest BCUT2D eigenvalue weighted by Crippen LogP contribution is 2.44. The maximum absolute atomic E-state index is 11.4. The molecule has 9 nitrogen and oxygen atoms in total. The van der Waals surface area contributed by atoms with Crippen LogP contribution in [-0.2, 0) is 9.53 Å². The van der Waals surface area contributed by atoms with Crippen LogP contribution in [0.3, 0.4) is 0 Å². The van der Waals surface area contributed by atoms with Gasteiger partial charge in [-0.05, 0) is 6.92 Å². The summed E-state index contributed by atoms with van der Waals surface area (Å²) in [6.45, 7) is 2.57. The predicted molar refractivity (Wildman–Crippen MR) is 91.0 cm³/mol. The van der Waals surface area contributed by atoms with Crippen LogP contribution in [0.25, 0.3) is 11.0 Å². The third kappa shape index (κ3) is 2.78. The van der Waals surface area contributed by atoms with Gasteiger partial charge in [-0.15, -0.1) is 11.6 Å². The maximum atomic E-state index is 11.4. The fraction of sp³-hybridized carbons (Fsp3) is 0.467. The molecule has 0 spiro atoms. The molecule has 1 fully saturated rings. The number of rotatable bonds is 4. The highest BCUT2D eigenvalue weighted by molar-refractivity contribution is 6.24. The number of hydrogen-bond donors (Lipinski definition) is 4. The first-order valence-electron chi connectivity index (χ1n) is 7.58. The van der Waals surface area contributed by atoms with Gasteiger partial charge in [-0.25, -0.2) is 9.97 Å². The van der Waals surface area contributed by atoms with Gasteiger partial charge in [-0.3, -0.25) is 4.79 Å². The summed E-state index contributed by atoms with van der Waals surface area (Å²) in [7, 11) is 0. The van der Waals surface area contributed by atoms with Crippen LogP contribution in [0.15, 0.2) is 12.5 Å². The second-order valence-electron chi connectivity index (χ2n) is 6.04. The first kappa shape index (κ1) is 17.7. The Balaban J connectivity index is 2.18. The van der Waals surface area contributed by atoms with E-state index in [1.54, 1.807) is 17.7 Å². The number of alkyl halides is 1. The number of aromatic nitrogens is 3. The fourth-order valence-corrected chi connectivity index (χ4v) is 3.32. The quantitative estimate of drug-likeness (QED) is 0.463. The van der Waals surface area contributed by atoms with E-state index in [0.29, 0.717) is 16.6 Å². The van der Waals surface area contributed by atoms with Gasteiger partial charge in [-0.2, -0.15) is 0 Å². The van der Waals surface area contributed by atoms with Crippen LogP contribution in [0, 0.1) is 5.41 Å². The van der Waals surface area contributed by atoms with Gasteiger partial charge in [0.05, 0.1) is 12.0 Å². The molecule has 1 aliphatic rings. The number of carbonyl (C=O) groups excluding carboxylic acids is 1. The van der Waals surface area contributed by atoms with Crippen molar-refractivity contribution >= 4 is 40.6 Å². The first-order valence-corrected chi connectivity index (χ1v) is 7.96. The van der Waals surface area contributed by atoms with Crippen molar-refractivity contribution in [3.05, 3.63) is 18.1 Å². The number of fused-ring (bicyclic) bond motifs is 1. The Hall–Kier alpha value is -2.07. The van der Waals surface area contributed by atoms with Crippen molar-refractivity contribution in [2.45, 2.75) is 37.2 Å². The number of ether oxygens (including phenoxy) is 1. The zero-order valence-corrected chi connectivity index (χ0v) is 14.4. The molecule has 10 heteroatoms. The molecular weight excluding hydrogens is 350 g/mol. The van der Waals surface area contributed by atoms with Gasteiger partial charge < -0.3 is 30.2 Å². The van der Waals surface area contributed by atoms with Crippen molar-refractivity contribution in [1.82, 2.24) is 14.5 Å². The van der Waals surface area contributed by atoms with Crippen molar-refractivity contribution in [2.24, 2.45) is 0 Å². The second-order valence-corrected chi connectivity index (χ2v) is 6.86. The largest absolute Gasteiger partial charge is 0.394 e. The number of anilines is 1. The molecule has 1 aliphatic heterocycles. The maximum Gasteiger partial charge on any atom is 0.222 e. The lowest BCUT2D eigenvalue weighted by Crippen LogP contribution is -2.39. The molecule has 2 aromatic rings. The summed E-state index contributed by atoms with van der Waals surface area (Å²) in [6.07, 6.45) is 1.20. The Morgan fingerprint density at radius 2 is 2.32 bits per heavy atom. The first-order chi connectivity index (χ1) is 11.8. The lowest BCUT2D eigenvalue weighted by atomic mass is 10.0. The van der Waals surface area contributed by atoms with Crippen LogP contribution >= 0.6 is 11.6 Å². The lowest BCUT2D eigenvalue weighted by molar-refractivity contribution is -0.114. The normalized spacial score (nSPS) is 29.1. The van der Waals surface area contributed by atoms with Crippen LogP contribution in [0.4, 0.5) is 5.82 Å². The summed E-state index contributed by atoms with van der Waals surface area (Å²) >= 11 is 6.49. The van der Waals surface area contributed by atoms with Gasteiger partial charge in [-0.1, -0.05) is 0 Å². The number of amides is 1. The average Bonchev–Trinajstić information content (AvgIpc) is 3.04. The number of halogens is 1. The average molecular weight is 368 g/mol. The van der Waals surface area contributed by atoms with E-state index < -0.39 is 23.3 Å². The molecule has 1 saturated heterocycles. The minimum atomic E-state index is -1.22. The van der Waals surface area contributed by atoms with Gasteiger partial charge in [0.25, 0.3) is 0 Å². The number of nitrogens with zero attached hydrogens (tertiary/aromatic N) is 3. The lowest BCUT2D eigenvalue weighted by Gasteiger charge is -2.26. The van der Waals surface area contributed by atoms with Gasteiger partial charge in [0.2, 0.25) is 5.91 Å². The van der Waals surface area contributed by atoms with Crippen molar-refractivity contribution in [3.8, 4) is 0 Å². The van der Waals surface area contributed by atoms with Crippen molar-refractivity contribution in [3.63, 3.8) is 0 Å². The highest BCUT2D eigenvalue weighted by Gasteiger charge is 2.53. The summed E-state index contributed by atoms with van der Waals surface area (Å²) in [6, 6.07) is 0. The topological polar surface area (TPSA) is 133 Å². The van der Waals surface area contributed by atoms with Gasteiger partial charge in [0.15, 0.2) is 6.23 Å². The SMILES string of the molecule is CC(=O)Nc1ncnc2c1c(C=N)cn2[C@@H]1OC(CO)C(O)[C@@]1(C)Cl. The van der Waals surface area contributed by atoms with E-state index in [1.807, 2.05) is 0 Å². The van der Waals surface area contributed by atoms with Crippen molar-refractivity contribution < 1.29 is 19.7 Å². The highest BCUT2D eigenvalue weighted by atomic mass is 35.5. The van der Waals surface area contributed by atoms with E-state index >= 15 is 0 Å². The Morgan fingerprint density at radius 3 is 2.88 bits per heavy atom. The Kier molecular flexibility index (Phi) is 4.50. The Labute approximate surface area is 148 Å². The smallest absolute Gasteiger partial charge is 0.222 e. The monoisotopic (exact) mass is 367 g/mol. The molecule has 25 heavy (non-hydrogen) atoms. The van der Waals surface area contributed by atoms with Gasteiger partial charge in [0, 0.05) is 24.9 Å². The number of aliphatic hydroxyl groups excluding tert-OH is 2. The number of hydrogen-bond acceptors (Lipinski definition) is 7. The summed E-state index contributed by atoms with van der Waals surface area (Å²) < 4.78 is 7.30. The van der Waals surface area contributed by atoms with E-state index in [9.17, 15) is 15.0 Å². The molecule has 3 heterocycles. The number of carbonyl (C=O) groups is 1. The van der Waals surface area contributed by atoms with E-state index in [2.05, 4.69) is 15.3 Å². The Morgan fingerprint density at radius 1 is 1.60 bits per heavy atom. The van der Waals surface area contributed by atoms with Crippen molar-refractivity contribution in [2.75, 3.05) is 11.9 Å². The summed E-state index contributed by atoms with van der Waals surface area (Å²) in [5, 5.41) is 30.4. The molecule has 0 aromatic carbocycles. The minimum Gasteiger partial charge on any atom is -0.394 e. The number of aliphatic hydroxyl groups is 2. The van der Waals surface area contributed by atoms with Gasteiger partial charge in [0.1, 0.15) is 34.9 Å². The molecule has 1 amide bonds. The second kappa shape index (κ2) is 6.34. The van der Waals surface area contributed by atoms with Crippen LogP contribution in [0.2, 0.25) is 0 Å². The molecule has 4 atom stereocenters. The number of nitrogens with one attached hydrogen (secondary N) is 2. The summed E-state index contributed by atoms with van der Waals surface area (Å²) in [5.41, 5.74) is 0.845. The van der Waals surface area contributed by atoms with Crippen LogP contribution in [-0.4, -0.2) is 60.6 Å². The molecule has 0 aliphatic carbocycles. The van der Waals surface area contributed by atoms with Crippen LogP contribution in [0.5, 0.6) is 0 Å². The Bertz CT molecular complexity index is 837. The van der Waals surface area contributed by atoms with Gasteiger partial charge >= 0.3 is 0 Å². The molecule has 2 unspecified atom stereocenters. The molecule has 134 valence electrons. The molecule has 0 bridgehead atoms.